The Balaban J connectivity index is 2.04. The molecule has 2 nitrogen and oxygen atoms in total. The van der Waals surface area contributed by atoms with Crippen molar-refractivity contribution in [3.63, 3.8) is 0 Å². The lowest BCUT2D eigenvalue weighted by Gasteiger charge is -2.48. The highest BCUT2D eigenvalue weighted by Gasteiger charge is 2.50. The molecule has 1 aromatic rings. The van der Waals surface area contributed by atoms with Crippen LogP contribution in [0.4, 0.5) is 0 Å². The van der Waals surface area contributed by atoms with E-state index in [1.165, 1.54) is 24.8 Å². The summed E-state index contributed by atoms with van der Waals surface area (Å²) in [6.45, 7) is 6.62. The van der Waals surface area contributed by atoms with E-state index >= 15 is 0 Å². The van der Waals surface area contributed by atoms with Crippen LogP contribution in [-0.2, 0) is 6.42 Å². The van der Waals surface area contributed by atoms with Gasteiger partial charge in [0.05, 0.1) is 0 Å². The van der Waals surface area contributed by atoms with Crippen LogP contribution in [0.25, 0.3) is 0 Å². The molecule has 0 heterocycles. The number of nitrogens with two attached hydrogens (primary N) is 1. The first-order valence-electron chi connectivity index (χ1n) is 7.47. The molecule has 2 heteroatoms. The molecule has 0 saturated heterocycles. The molecule has 19 heavy (non-hydrogen) atoms. The van der Waals surface area contributed by atoms with Gasteiger partial charge in [-0.1, -0.05) is 50.6 Å². The van der Waals surface area contributed by atoms with Gasteiger partial charge in [0.25, 0.3) is 0 Å². The molecule has 1 unspecified atom stereocenters. The lowest BCUT2D eigenvalue weighted by molar-refractivity contribution is 0.0345. The molecule has 1 fully saturated rings. The van der Waals surface area contributed by atoms with Crippen LogP contribution in [0.5, 0.6) is 0 Å². The van der Waals surface area contributed by atoms with Gasteiger partial charge in [-0.3, -0.25) is 4.90 Å². The van der Waals surface area contributed by atoms with Gasteiger partial charge in [0.2, 0.25) is 0 Å². The molecule has 1 aliphatic carbocycles. The van der Waals surface area contributed by atoms with Crippen LogP contribution >= 0.6 is 0 Å². The van der Waals surface area contributed by atoms with Gasteiger partial charge in [-0.05, 0) is 37.3 Å². The first kappa shape index (κ1) is 14.5. The van der Waals surface area contributed by atoms with Crippen LogP contribution in [0, 0.1) is 5.41 Å². The van der Waals surface area contributed by atoms with Crippen molar-refractivity contribution in [1.82, 2.24) is 4.90 Å². The highest BCUT2D eigenvalue weighted by Crippen LogP contribution is 2.48. The fraction of sp³-hybridized carbons (Fsp3) is 0.647. The Bertz CT molecular complexity index is 399. The quantitative estimate of drug-likeness (QED) is 0.881. The molecule has 0 amide bonds. The van der Waals surface area contributed by atoms with E-state index in [4.69, 9.17) is 5.73 Å². The standard InChI is InChI=1S/C17H28N2/c1-16(2)11-7-12-17(16,14-18)19(3)13-10-15-8-5-4-6-9-15/h4-6,8-9H,7,10-14,18H2,1-3H3. The van der Waals surface area contributed by atoms with Gasteiger partial charge in [0.1, 0.15) is 0 Å². The average Bonchev–Trinajstić information content (AvgIpc) is 2.73. The van der Waals surface area contributed by atoms with Crippen LogP contribution in [-0.4, -0.2) is 30.6 Å². The monoisotopic (exact) mass is 260 g/mol. The summed E-state index contributed by atoms with van der Waals surface area (Å²) in [6.07, 6.45) is 4.94. The minimum Gasteiger partial charge on any atom is -0.329 e. The first-order chi connectivity index (χ1) is 9.02. The zero-order valence-electron chi connectivity index (χ0n) is 12.7. The highest BCUT2D eigenvalue weighted by molar-refractivity contribution is 5.15. The summed E-state index contributed by atoms with van der Waals surface area (Å²) in [5.41, 5.74) is 8.10. The number of benzene rings is 1. The van der Waals surface area contributed by atoms with Gasteiger partial charge in [-0.15, -0.1) is 0 Å². The van der Waals surface area contributed by atoms with Crippen molar-refractivity contribution >= 4 is 0 Å². The van der Waals surface area contributed by atoms with Crippen LogP contribution < -0.4 is 5.73 Å². The maximum absolute atomic E-state index is 6.17. The summed E-state index contributed by atoms with van der Waals surface area (Å²) in [7, 11) is 2.25. The molecule has 106 valence electrons. The van der Waals surface area contributed by atoms with Crippen molar-refractivity contribution in [3.8, 4) is 0 Å². The van der Waals surface area contributed by atoms with Crippen molar-refractivity contribution < 1.29 is 0 Å². The van der Waals surface area contributed by atoms with Crippen molar-refractivity contribution in [3.05, 3.63) is 35.9 Å². The van der Waals surface area contributed by atoms with E-state index in [1.807, 2.05) is 0 Å². The predicted octanol–water partition coefficient (Wildman–Crippen LogP) is 3.07. The lowest BCUT2D eigenvalue weighted by atomic mass is 9.73. The smallest absolute Gasteiger partial charge is 0.0379 e. The summed E-state index contributed by atoms with van der Waals surface area (Å²) >= 11 is 0. The molecule has 0 radical (unpaired) electrons. The largest absolute Gasteiger partial charge is 0.329 e. The Morgan fingerprint density at radius 2 is 1.84 bits per heavy atom. The maximum Gasteiger partial charge on any atom is 0.0379 e. The summed E-state index contributed by atoms with van der Waals surface area (Å²) in [5, 5.41) is 0. The minimum atomic E-state index is 0.182. The highest BCUT2D eigenvalue weighted by atomic mass is 15.2. The van der Waals surface area contributed by atoms with Crippen LogP contribution in [0.3, 0.4) is 0 Å². The SMILES string of the molecule is CN(CCc1ccccc1)C1(CN)CCCC1(C)C. The van der Waals surface area contributed by atoms with Crippen LogP contribution in [0.15, 0.2) is 30.3 Å². The second-order valence-corrected chi connectivity index (χ2v) is 6.63. The zero-order valence-corrected chi connectivity index (χ0v) is 12.7. The van der Waals surface area contributed by atoms with Gasteiger partial charge >= 0.3 is 0 Å². The number of likely N-dealkylation sites (N-methyl/N-ethyl adjacent to an activating group) is 1. The van der Waals surface area contributed by atoms with Gasteiger partial charge in [-0.25, -0.2) is 0 Å². The summed E-state index contributed by atoms with van der Waals surface area (Å²) in [4.78, 5) is 2.52. The Labute approximate surface area is 118 Å². The Morgan fingerprint density at radius 1 is 1.16 bits per heavy atom. The van der Waals surface area contributed by atoms with E-state index in [9.17, 15) is 0 Å². The molecule has 2 rings (SSSR count). The Morgan fingerprint density at radius 3 is 2.37 bits per heavy atom. The van der Waals surface area contributed by atoms with E-state index < -0.39 is 0 Å². The summed E-state index contributed by atoms with van der Waals surface area (Å²) in [5.74, 6) is 0. The third-order valence-electron chi connectivity index (χ3n) is 5.30. The second kappa shape index (κ2) is 5.64. The molecule has 2 N–H and O–H groups in total. The van der Waals surface area contributed by atoms with Crippen molar-refractivity contribution in [2.24, 2.45) is 11.1 Å². The first-order valence-corrected chi connectivity index (χ1v) is 7.47. The third-order valence-corrected chi connectivity index (χ3v) is 5.30. The van der Waals surface area contributed by atoms with Gasteiger partial charge < -0.3 is 5.73 Å². The molecular weight excluding hydrogens is 232 g/mol. The van der Waals surface area contributed by atoms with Crippen molar-refractivity contribution in [1.29, 1.82) is 0 Å². The second-order valence-electron chi connectivity index (χ2n) is 6.63. The Hall–Kier alpha value is -0.860. The molecule has 0 aliphatic heterocycles. The van der Waals surface area contributed by atoms with Crippen molar-refractivity contribution in [2.75, 3.05) is 20.1 Å². The average molecular weight is 260 g/mol. The third kappa shape index (κ3) is 2.70. The van der Waals surface area contributed by atoms with Gasteiger partial charge in [0, 0.05) is 18.6 Å². The van der Waals surface area contributed by atoms with Crippen LogP contribution in [0.1, 0.15) is 38.7 Å². The summed E-state index contributed by atoms with van der Waals surface area (Å²) in [6, 6.07) is 10.7. The summed E-state index contributed by atoms with van der Waals surface area (Å²) < 4.78 is 0. The predicted molar refractivity (Wildman–Crippen MR) is 82.2 cm³/mol. The lowest BCUT2D eigenvalue weighted by Crippen LogP contribution is -2.58. The molecule has 1 aromatic carbocycles. The molecule has 1 atom stereocenters. The van der Waals surface area contributed by atoms with Crippen molar-refractivity contribution in [2.45, 2.75) is 45.1 Å². The fourth-order valence-corrected chi connectivity index (χ4v) is 3.79. The van der Waals surface area contributed by atoms with E-state index in [2.05, 4.69) is 56.1 Å². The van der Waals surface area contributed by atoms with Gasteiger partial charge in [-0.2, -0.15) is 0 Å². The number of hydrogen-bond acceptors (Lipinski definition) is 2. The van der Waals surface area contributed by atoms with E-state index in [0.29, 0.717) is 5.41 Å². The van der Waals surface area contributed by atoms with Gasteiger partial charge in [0.15, 0.2) is 0 Å². The van der Waals surface area contributed by atoms with E-state index in [-0.39, 0.29) is 5.54 Å². The fourth-order valence-electron chi connectivity index (χ4n) is 3.79. The molecule has 0 bridgehead atoms. The normalized spacial score (nSPS) is 25.9. The minimum absolute atomic E-state index is 0.182. The molecular formula is C17H28N2. The Kier molecular flexibility index (Phi) is 4.32. The molecule has 0 spiro atoms. The van der Waals surface area contributed by atoms with Crippen LogP contribution in [0.2, 0.25) is 0 Å². The maximum atomic E-state index is 6.17. The topological polar surface area (TPSA) is 29.3 Å². The van der Waals surface area contributed by atoms with E-state index in [1.54, 1.807) is 0 Å². The molecule has 0 aromatic heterocycles. The van der Waals surface area contributed by atoms with E-state index in [0.717, 1.165) is 19.5 Å². The number of rotatable bonds is 5. The number of nitrogens with zero attached hydrogens (tertiary/aromatic N) is 1. The molecule has 1 aliphatic rings. The molecule has 1 saturated carbocycles. The number of hydrogen-bond donors (Lipinski definition) is 1. The zero-order chi connectivity index (χ0) is 13.9.